The van der Waals surface area contributed by atoms with Crippen molar-refractivity contribution in [3.8, 4) is 0 Å². The molecule has 0 unspecified atom stereocenters. The number of hydrogen-bond acceptors (Lipinski definition) is 4. The van der Waals surface area contributed by atoms with Gasteiger partial charge in [-0.3, -0.25) is 9.69 Å². The first-order valence-corrected chi connectivity index (χ1v) is 5.61. The van der Waals surface area contributed by atoms with Crippen molar-refractivity contribution in [2.24, 2.45) is 0 Å². The van der Waals surface area contributed by atoms with E-state index >= 15 is 0 Å². The van der Waals surface area contributed by atoms with Gasteiger partial charge >= 0.3 is 12.0 Å². The summed E-state index contributed by atoms with van der Waals surface area (Å²) in [6, 6.07) is 6.94. The van der Waals surface area contributed by atoms with Gasteiger partial charge in [0.15, 0.2) is 0 Å². The van der Waals surface area contributed by atoms with Crippen LogP contribution in [0.15, 0.2) is 24.3 Å². The second-order valence-corrected chi connectivity index (χ2v) is 3.99. The molecule has 2 N–H and O–H groups in total. The molecule has 2 amide bonds. The first-order valence-electron chi connectivity index (χ1n) is 5.61. The fourth-order valence-corrected chi connectivity index (χ4v) is 1.91. The Hall–Kier alpha value is -2.24. The Morgan fingerprint density at radius 2 is 2.11 bits per heavy atom. The first-order chi connectivity index (χ1) is 8.63. The van der Waals surface area contributed by atoms with Gasteiger partial charge in [-0.2, -0.15) is 0 Å². The molecule has 1 fully saturated rings. The van der Waals surface area contributed by atoms with Crippen LogP contribution in [0, 0.1) is 0 Å². The van der Waals surface area contributed by atoms with Crippen LogP contribution in [0.25, 0.3) is 0 Å². The zero-order chi connectivity index (χ0) is 13.1. The van der Waals surface area contributed by atoms with Crippen molar-refractivity contribution in [1.29, 1.82) is 0 Å². The molecule has 0 radical (unpaired) electrons. The Bertz CT molecular complexity index is 475. The van der Waals surface area contributed by atoms with Crippen LogP contribution in [0.5, 0.6) is 0 Å². The van der Waals surface area contributed by atoms with E-state index in [-0.39, 0.29) is 12.6 Å². The summed E-state index contributed by atoms with van der Waals surface area (Å²) in [5, 5.41) is 0. The van der Waals surface area contributed by atoms with E-state index < -0.39 is 5.97 Å². The number of ether oxygens (including phenoxy) is 1. The number of nitrogens with zero attached hydrogens (tertiary/aromatic N) is 2. The van der Waals surface area contributed by atoms with Crippen LogP contribution in [-0.4, -0.2) is 43.6 Å². The number of anilines is 2. The van der Waals surface area contributed by atoms with E-state index in [4.69, 9.17) is 5.73 Å². The second kappa shape index (κ2) is 4.95. The van der Waals surface area contributed by atoms with E-state index in [0.717, 1.165) is 0 Å². The Balaban J connectivity index is 2.12. The number of hydrogen-bond donors (Lipinski definition) is 1. The third kappa shape index (κ3) is 2.22. The van der Waals surface area contributed by atoms with Gasteiger partial charge < -0.3 is 15.4 Å². The summed E-state index contributed by atoms with van der Waals surface area (Å²) in [6.07, 6.45) is 0. The monoisotopic (exact) mass is 249 g/mol. The van der Waals surface area contributed by atoms with Crippen molar-refractivity contribution in [2.75, 3.05) is 37.4 Å². The zero-order valence-electron chi connectivity index (χ0n) is 10.1. The molecule has 96 valence electrons. The van der Waals surface area contributed by atoms with E-state index in [1.807, 2.05) is 12.1 Å². The molecular weight excluding hydrogens is 234 g/mol. The maximum Gasteiger partial charge on any atom is 0.325 e. The number of nitrogens with two attached hydrogens (primary N) is 1. The van der Waals surface area contributed by atoms with Gasteiger partial charge in [0.2, 0.25) is 0 Å². The maximum atomic E-state index is 12.1. The van der Waals surface area contributed by atoms with E-state index in [2.05, 4.69) is 4.74 Å². The predicted molar refractivity (Wildman–Crippen MR) is 67.2 cm³/mol. The summed E-state index contributed by atoms with van der Waals surface area (Å²) in [4.78, 5) is 26.3. The van der Waals surface area contributed by atoms with Crippen LogP contribution < -0.4 is 10.6 Å². The number of amides is 2. The molecule has 1 aromatic rings. The molecule has 1 heterocycles. The highest BCUT2D eigenvalue weighted by Crippen LogP contribution is 2.26. The van der Waals surface area contributed by atoms with Gasteiger partial charge in [-0.25, -0.2) is 4.79 Å². The lowest BCUT2D eigenvalue weighted by atomic mass is 10.2. The SMILES string of the molecule is COC(=O)CN1CCN(c2ccccc2N)C1=O. The molecule has 1 aliphatic heterocycles. The summed E-state index contributed by atoms with van der Waals surface area (Å²) in [6.45, 7) is 0.977. The van der Waals surface area contributed by atoms with Crippen LogP contribution >= 0.6 is 0 Å². The highest BCUT2D eigenvalue weighted by molar-refractivity contribution is 5.98. The van der Waals surface area contributed by atoms with Crippen molar-refractivity contribution in [3.63, 3.8) is 0 Å². The normalized spacial score (nSPS) is 15.1. The molecule has 18 heavy (non-hydrogen) atoms. The molecule has 2 rings (SSSR count). The van der Waals surface area contributed by atoms with E-state index in [9.17, 15) is 9.59 Å². The number of rotatable bonds is 3. The standard InChI is InChI=1S/C12H15N3O3/c1-18-11(16)8-14-6-7-15(12(14)17)10-5-3-2-4-9(10)13/h2-5H,6-8,13H2,1H3. The van der Waals surface area contributed by atoms with Crippen LogP contribution in [-0.2, 0) is 9.53 Å². The zero-order valence-corrected chi connectivity index (χ0v) is 10.1. The summed E-state index contributed by atoms with van der Waals surface area (Å²) < 4.78 is 4.55. The molecule has 0 spiro atoms. The van der Waals surface area contributed by atoms with Crippen LogP contribution in [0.1, 0.15) is 0 Å². The van der Waals surface area contributed by atoms with Crippen molar-refractivity contribution in [1.82, 2.24) is 4.90 Å². The van der Waals surface area contributed by atoms with E-state index in [1.165, 1.54) is 12.0 Å². The molecule has 1 aromatic carbocycles. The average molecular weight is 249 g/mol. The largest absolute Gasteiger partial charge is 0.468 e. The second-order valence-electron chi connectivity index (χ2n) is 3.99. The fourth-order valence-electron chi connectivity index (χ4n) is 1.91. The fraction of sp³-hybridized carbons (Fsp3) is 0.333. The van der Waals surface area contributed by atoms with Gasteiger partial charge in [0.05, 0.1) is 18.5 Å². The lowest BCUT2D eigenvalue weighted by molar-refractivity contribution is -0.141. The maximum absolute atomic E-state index is 12.1. The molecule has 0 saturated carbocycles. The minimum absolute atomic E-state index is 0.0292. The molecule has 6 nitrogen and oxygen atoms in total. The first kappa shape index (κ1) is 12.2. The summed E-state index contributed by atoms with van der Waals surface area (Å²) in [5.41, 5.74) is 7.05. The highest BCUT2D eigenvalue weighted by Gasteiger charge is 2.31. The van der Waals surface area contributed by atoms with Gasteiger partial charge in [0, 0.05) is 13.1 Å². The molecule has 1 aliphatic rings. The molecule has 1 saturated heterocycles. The van der Waals surface area contributed by atoms with Gasteiger partial charge in [0.25, 0.3) is 0 Å². The number of carbonyl (C=O) groups is 2. The Kier molecular flexibility index (Phi) is 3.36. The number of methoxy groups -OCH3 is 1. The topological polar surface area (TPSA) is 75.9 Å². The Morgan fingerprint density at radius 1 is 1.39 bits per heavy atom. The number of benzene rings is 1. The number of carbonyl (C=O) groups excluding carboxylic acids is 2. The summed E-state index contributed by atoms with van der Waals surface area (Å²) in [5.74, 6) is -0.425. The minimum atomic E-state index is -0.425. The molecule has 0 atom stereocenters. The third-order valence-electron chi connectivity index (χ3n) is 2.87. The summed E-state index contributed by atoms with van der Waals surface area (Å²) >= 11 is 0. The predicted octanol–water partition coefficient (Wildman–Crippen LogP) is 0.684. The summed E-state index contributed by atoms with van der Waals surface area (Å²) in [7, 11) is 1.30. The number of urea groups is 1. The molecular formula is C12H15N3O3. The number of nitrogen functional groups attached to an aromatic ring is 1. The average Bonchev–Trinajstić information content (AvgIpc) is 2.72. The number of para-hydroxylation sites is 2. The lowest BCUT2D eigenvalue weighted by Crippen LogP contribution is -2.35. The quantitative estimate of drug-likeness (QED) is 0.631. The number of esters is 1. The van der Waals surface area contributed by atoms with Crippen LogP contribution in [0.3, 0.4) is 0 Å². The Morgan fingerprint density at radius 3 is 2.78 bits per heavy atom. The lowest BCUT2D eigenvalue weighted by Gasteiger charge is -2.19. The minimum Gasteiger partial charge on any atom is -0.468 e. The van der Waals surface area contributed by atoms with Gasteiger partial charge in [0.1, 0.15) is 6.54 Å². The third-order valence-corrected chi connectivity index (χ3v) is 2.87. The van der Waals surface area contributed by atoms with Crippen molar-refractivity contribution in [2.45, 2.75) is 0 Å². The molecule has 0 aromatic heterocycles. The van der Waals surface area contributed by atoms with Crippen molar-refractivity contribution < 1.29 is 14.3 Å². The molecule has 6 heteroatoms. The van der Waals surface area contributed by atoms with Gasteiger partial charge in [-0.05, 0) is 12.1 Å². The van der Waals surface area contributed by atoms with Crippen molar-refractivity contribution >= 4 is 23.4 Å². The van der Waals surface area contributed by atoms with Crippen molar-refractivity contribution in [3.05, 3.63) is 24.3 Å². The van der Waals surface area contributed by atoms with E-state index in [0.29, 0.717) is 24.5 Å². The van der Waals surface area contributed by atoms with E-state index in [1.54, 1.807) is 17.0 Å². The molecule has 0 aliphatic carbocycles. The van der Waals surface area contributed by atoms with Gasteiger partial charge in [-0.15, -0.1) is 0 Å². The molecule has 0 bridgehead atoms. The van der Waals surface area contributed by atoms with Gasteiger partial charge in [-0.1, -0.05) is 12.1 Å². The Labute approximate surface area is 105 Å². The smallest absolute Gasteiger partial charge is 0.325 e. The van der Waals surface area contributed by atoms with Crippen LogP contribution in [0.2, 0.25) is 0 Å². The van der Waals surface area contributed by atoms with Crippen LogP contribution in [0.4, 0.5) is 16.2 Å². The highest BCUT2D eigenvalue weighted by atomic mass is 16.5.